The molecule has 19 heavy (non-hydrogen) atoms. The summed E-state index contributed by atoms with van der Waals surface area (Å²) in [4.78, 5) is 4.37. The summed E-state index contributed by atoms with van der Waals surface area (Å²) in [5.41, 5.74) is 1.77. The molecule has 96 valence electrons. The van der Waals surface area contributed by atoms with Gasteiger partial charge in [0.05, 0.1) is 5.69 Å². The number of hydrogen-bond donors (Lipinski definition) is 1. The van der Waals surface area contributed by atoms with Crippen LogP contribution in [0.25, 0.3) is 5.69 Å². The van der Waals surface area contributed by atoms with Crippen molar-refractivity contribution in [1.82, 2.24) is 25.2 Å². The van der Waals surface area contributed by atoms with Crippen LogP contribution in [0.3, 0.4) is 0 Å². The third-order valence-electron chi connectivity index (χ3n) is 2.31. The molecule has 0 aliphatic carbocycles. The number of tetrazole rings is 1. The molecule has 3 aromatic rings. The number of aryl methyl sites for hydroxylation is 1. The molecule has 0 fully saturated rings. The largest absolute Gasteiger partial charge is 0.508 e. The highest BCUT2D eigenvalue weighted by molar-refractivity contribution is 8.00. The summed E-state index contributed by atoms with van der Waals surface area (Å²) >= 11 is 2.97. The lowest BCUT2D eigenvalue weighted by atomic mass is 10.3. The van der Waals surface area contributed by atoms with E-state index in [-0.39, 0.29) is 5.75 Å². The highest BCUT2D eigenvalue weighted by Crippen LogP contribution is 2.29. The van der Waals surface area contributed by atoms with E-state index in [4.69, 9.17) is 0 Å². The molecule has 0 saturated heterocycles. The molecule has 1 N–H and O–H groups in total. The third kappa shape index (κ3) is 2.59. The number of hydrogen-bond acceptors (Lipinski definition) is 7. The van der Waals surface area contributed by atoms with Gasteiger partial charge in [-0.3, -0.25) is 0 Å². The molecule has 6 nitrogen and oxygen atoms in total. The number of phenols is 1. The average Bonchev–Trinajstić information content (AvgIpc) is 3.00. The van der Waals surface area contributed by atoms with Crippen molar-refractivity contribution in [2.45, 2.75) is 16.4 Å². The molecule has 1 aromatic carbocycles. The van der Waals surface area contributed by atoms with Gasteiger partial charge >= 0.3 is 0 Å². The van der Waals surface area contributed by atoms with Crippen molar-refractivity contribution in [3.05, 3.63) is 35.3 Å². The van der Waals surface area contributed by atoms with Crippen LogP contribution in [0.15, 0.2) is 39.1 Å². The van der Waals surface area contributed by atoms with Gasteiger partial charge in [-0.05, 0) is 53.4 Å². The second-order valence-electron chi connectivity index (χ2n) is 3.75. The Bertz CT molecular complexity index is 691. The molecular formula is C11H9N5OS2. The van der Waals surface area contributed by atoms with E-state index in [0.29, 0.717) is 5.16 Å². The van der Waals surface area contributed by atoms with Crippen LogP contribution < -0.4 is 0 Å². The Balaban J connectivity index is 1.92. The zero-order valence-electron chi connectivity index (χ0n) is 9.89. The first-order valence-corrected chi connectivity index (χ1v) is 7.10. The van der Waals surface area contributed by atoms with Crippen LogP contribution in [0.5, 0.6) is 5.75 Å². The quantitative estimate of drug-likeness (QED) is 0.798. The van der Waals surface area contributed by atoms with Gasteiger partial charge in [-0.25, -0.2) is 4.98 Å². The standard InChI is InChI=1S/C11H9N5OS2/c1-7-6-18-11(12-7)19-10-13-14-15-16(10)8-2-4-9(17)5-3-8/h2-6,17H,1H3. The maximum Gasteiger partial charge on any atom is 0.221 e. The van der Waals surface area contributed by atoms with E-state index < -0.39 is 0 Å². The van der Waals surface area contributed by atoms with Crippen molar-refractivity contribution in [3.63, 3.8) is 0 Å². The minimum absolute atomic E-state index is 0.210. The van der Waals surface area contributed by atoms with Crippen LogP contribution in [-0.2, 0) is 0 Å². The monoisotopic (exact) mass is 291 g/mol. The summed E-state index contributed by atoms with van der Waals surface area (Å²) in [6, 6.07) is 6.70. The molecule has 0 radical (unpaired) electrons. The predicted molar refractivity (Wildman–Crippen MR) is 71.8 cm³/mol. The maximum atomic E-state index is 9.29. The Hall–Kier alpha value is -1.93. The smallest absolute Gasteiger partial charge is 0.221 e. The van der Waals surface area contributed by atoms with E-state index >= 15 is 0 Å². The van der Waals surface area contributed by atoms with E-state index in [1.807, 2.05) is 12.3 Å². The summed E-state index contributed by atoms with van der Waals surface area (Å²) in [6.45, 7) is 1.95. The van der Waals surface area contributed by atoms with E-state index in [1.54, 1.807) is 40.3 Å². The van der Waals surface area contributed by atoms with Gasteiger partial charge < -0.3 is 5.11 Å². The topological polar surface area (TPSA) is 76.7 Å². The van der Waals surface area contributed by atoms with Gasteiger partial charge in [-0.15, -0.1) is 16.4 Å². The fraction of sp³-hybridized carbons (Fsp3) is 0.0909. The number of rotatable bonds is 3. The number of aromatic nitrogens is 5. The van der Waals surface area contributed by atoms with Gasteiger partial charge in [0, 0.05) is 11.1 Å². The highest BCUT2D eigenvalue weighted by Gasteiger charge is 2.12. The summed E-state index contributed by atoms with van der Waals surface area (Å²) in [5.74, 6) is 0.210. The first-order valence-electron chi connectivity index (χ1n) is 5.40. The normalized spacial score (nSPS) is 10.8. The molecule has 0 bridgehead atoms. The Morgan fingerprint density at radius 3 is 2.74 bits per heavy atom. The summed E-state index contributed by atoms with van der Waals surface area (Å²) in [7, 11) is 0. The van der Waals surface area contributed by atoms with Crippen molar-refractivity contribution < 1.29 is 5.11 Å². The SMILES string of the molecule is Cc1csc(Sc2nnnn2-c2ccc(O)cc2)n1. The summed E-state index contributed by atoms with van der Waals surface area (Å²) in [5, 5.41) is 23.5. The number of nitrogens with zero attached hydrogens (tertiary/aromatic N) is 5. The molecule has 0 aliphatic rings. The van der Waals surface area contributed by atoms with Crippen molar-refractivity contribution >= 4 is 23.1 Å². The Morgan fingerprint density at radius 1 is 1.26 bits per heavy atom. The lowest BCUT2D eigenvalue weighted by Gasteiger charge is -2.02. The van der Waals surface area contributed by atoms with E-state index in [2.05, 4.69) is 20.5 Å². The molecule has 0 unspecified atom stereocenters. The summed E-state index contributed by atoms with van der Waals surface area (Å²) in [6.07, 6.45) is 0. The second kappa shape index (κ2) is 4.98. The molecule has 2 heterocycles. The van der Waals surface area contributed by atoms with Gasteiger partial charge in [0.25, 0.3) is 0 Å². The van der Waals surface area contributed by atoms with Crippen LogP contribution >= 0.6 is 23.1 Å². The van der Waals surface area contributed by atoms with Crippen LogP contribution in [0, 0.1) is 6.92 Å². The Labute approximate surface area is 117 Å². The highest BCUT2D eigenvalue weighted by atomic mass is 32.2. The van der Waals surface area contributed by atoms with Gasteiger partial charge in [0.2, 0.25) is 5.16 Å². The Kier molecular flexibility index (Phi) is 3.18. The minimum atomic E-state index is 0.210. The third-order valence-corrected chi connectivity index (χ3v) is 4.31. The van der Waals surface area contributed by atoms with E-state index in [9.17, 15) is 5.11 Å². The van der Waals surface area contributed by atoms with E-state index in [1.165, 1.54) is 11.8 Å². The average molecular weight is 291 g/mol. The molecule has 0 spiro atoms. The van der Waals surface area contributed by atoms with Crippen LogP contribution in [0.4, 0.5) is 0 Å². The van der Waals surface area contributed by atoms with Gasteiger partial charge in [0.15, 0.2) is 4.34 Å². The van der Waals surface area contributed by atoms with Crippen molar-refractivity contribution in [1.29, 1.82) is 0 Å². The van der Waals surface area contributed by atoms with Crippen LogP contribution in [0.2, 0.25) is 0 Å². The molecule has 0 amide bonds. The van der Waals surface area contributed by atoms with Crippen molar-refractivity contribution in [2.24, 2.45) is 0 Å². The molecule has 0 atom stereocenters. The predicted octanol–water partition coefficient (Wildman–Crippen LogP) is 2.28. The van der Waals surface area contributed by atoms with Crippen LogP contribution in [-0.4, -0.2) is 30.3 Å². The van der Waals surface area contributed by atoms with E-state index in [0.717, 1.165) is 15.7 Å². The first kappa shape index (κ1) is 12.1. The molecule has 2 aromatic heterocycles. The lowest BCUT2D eigenvalue weighted by molar-refractivity contribution is 0.475. The lowest BCUT2D eigenvalue weighted by Crippen LogP contribution is -1.98. The fourth-order valence-corrected chi connectivity index (χ4v) is 3.19. The second-order valence-corrected chi connectivity index (χ2v) is 5.82. The summed E-state index contributed by atoms with van der Waals surface area (Å²) < 4.78 is 2.51. The zero-order valence-corrected chi connectivity index (χ0v) is 11.5. The molecular weight excluding hydrogens is 282 g/mol. The fourth-order valence-electron chi connectivity index (χ4n) is 1.46. The molecule has 0 saturated carbocycles. The Morgan fingerprint density at radius 2 is 2.05 bits per heavy atom. The van der Waals surface area contributed by atoms with Gasteiger partial charge in [-0.2, -0.15) is 4.68 Å². The zero-order chi connectivity index (χ0) is 13.2. The minimum Gasteiger partial charge on any atom is -0.508 e. The molecule has 3 rings (SSSR count). The number of aromatic hydroxyl groups is 1. The molecule has 8 heteroatoms. The number of benzene rings is 1. The number of phenolic OH excluding ortho intramolecular Hbond substituents is 1. The van der Waals surface area contributed by atoms with Gasteiger partial charge in [-0.1, -0.05) is 0 Å². The van der Waals surface area contributed by atoms with Crippen LogP contribution in [0.1, 0.15) is 5.69 Å². The number of thiazole rings is 1. The van der Waals surface area contributed by atoms with Crippen molar-refractivity contribution in [3.8, 4) is 11.4 Å². The maximum absolute atomic E-state index is 9.29. The van der Waals surface area contributed by atoms with Crippen molar-refractivity contribution in [2.75, 3.05) is 0 Å². The molecule has 0 aliphatic heterocycles. The first-order chi connectivity index (χ1) is 9.22. The van der Waals surface area contributed by atoms with Gasteiger partial charge in [0.1, 0.15) is 5.75 Å².